The minimum atomic E-state index is 0.380. The zero-order valence-corrected chi connectivity index (χ0v) is 20.0. The molecule has 0 saturated carbocycles. The molecule has 6 rings (SSSR count). The molecule has 0 aliphatic heterocycles. The van der Waals surface area contributed by atoms with Gasteiger partial charge in [0.2, 0.25) is 0 Å². The molecule has 0 bridgehead atoms. The lowest BCUT2D eigenvalue weighted by Crippen LogP contribution is -2.00. The van der Waals surface area contributed by atoms with E-state index in [9.17, 15) is 5.26 Å². The molecule has 0 N–H and O–H groups in total. The predicted molar refractivity (Wildman–Crippen MR) is 140 cm³/mol. The van der Waals surface area contributed by atoms with Crippen molar-refractivity contribution in [3.63, 3.8) is 0 Å². The van der Waals surface area contributed by atoms with Crippen molar-refractivity contribution < 1.29 is 0 Å². The van der Waals surface area contributed by atoms with Crippen LogP contribution >= 0.6 is 0 Å². The second kappa shape index (κ2) is 8.63. The molecular formula is C29H18N8. The van der Waals surface area contributed by atoms with Crippen LogP contribution in [0.5, 0.6) is 0 Å². The summed E-state index contributed by atoms with van der Waals surface area (Å²) >= 11 is 0. The number of para-hydroxylation sites is 1. The third kappa shape index (κ3) is 3.74. The first-order valence-electron chi connectivity index (χ1n) is 11.6. The Hall–Kier alpha value is -5.47. The van der Waals surface area contributed by atoms with Gasteiger partial charge in [-0.15, -0.1) is 0 Å². The number of aryl methyl sites for hydroxylation is 2. The van der Waals surface area contributed by atoms with Gasteiger partial charge in [0.15, 0.2) is 11.6 Å². The fourth-order valence-corrected chi connectivity index (χ4v) is 4.61. The molecule has 8 nitrogen and oxygen atoms in total. The lowest BCUT2D eigenvalue weighted by Gasteiger charge is -2.12. The summed E-state index contributed by atoms with van der Waals surface area (Å²) in [6, 6.07) is 24.2. The molecule has 8 heteroatoms. The van der Waals surface area contributed by atoms with Crippen molar-refractivity contribution in [2.24, 2.45) is 0 Å². The van der Waals surface area contributed by atoms with Gasteiger partial charge in [0.05, 0.1) is 27.8 Å². The molecule has 0 aliphatic carbocycles. The highest BCUT2D eigenvalue weighted by Gasteiger charge is 2.17. The molecule has 0 atom stereocenters. The van der Waals surface area contributed by atoms with Crippen molar-refractivity contribution in [1.82, 2.24) is 29.5 Å². The molecule has 3 aromatic carbocycles. The van der Waals surface area contributed by atoms with Crippen molar-refractivity contribution in [1.29, 1.82) is 10.5 Å². The van der Waals surface area contributed by atoms with E-state index < -0.39 is 0 Å². The van der Waals surface area contributed by atoms with Crippen molar-refractivity contribution in [2.75, 3.05) is 0 Å². The predicted octanol–water partition coefficient (Wildman–Crippen LogP) is 5.45. The van der Waals surface area contributed by atoms with Gasteiger partial charge in [0.1, 0.15) is 23.8 Å². The summed E-state index contributed by atoms with van der Waals surface area (Å²) in [7, 11) is 0. The number of fused-ring (bicyclic) bond motifs is 3. The summed E-state index contributed by atoms with van der Waals surface area (Å²) in [6.45, 7) is 3.71. The Labute approximate surface area is 212 Å². The van der Waals surface area contributed by atoms with Gasteiger partial charge in [-0.05, 0) is 44.2 Å². The standard InChI is InChI=1S/C29H18N8/c1-17-34-18(2)36-29(35-17)21-7-9-24-23-5-3-4-6-26(23)37(27(24)12-21)25-10-8-20(11-22(25)14-31)28-32-15-19(13-30)16-33-28/h3-12,15-16H,1-2H3. The van der Waals surface area contributed by atoms with E-state index in [0.29, 0.717) is 40.0 Å². The van der Waals surface area contributed by atoms with Crippen LogP contribution in [0.2, 0.25) is 0 Å². The quantitative estimate of drug-likeness (QED) is 0.332. The van der Waals surface area contributed by atoms with E-state index in [1.165, 1.54) is 12.4 Å². The Morgan fingerprint density at radius 3 is 2.08 bits per heavy atom. The van der Waals surface area contributed by atoms with E-state index in [-0.39, 0.29) is 0 Å². The number of nitrogens with zero attached hydrogens (tertiary/aromatic N) is 8. The summed E-state index contributed by atoms with van der Waals surface area (Å²) in [6.07, 6.45) is 2.95. The van der Waals surface area contributed by atoms with Crippen LogP contribution in [0.25, 0.3) is 50.3 Å². The van der Waals surface area contributed by atoms with E-state index in [2.05, 4.69) is 53.8 Å². The first-order valence-corrected chi connectivity index (χ1v) is 11.6. The van der Waals surface area contributed by atoms with Crippen LogP contribution in [0, 0.1) is 36.5 Å². The molecule has 0 saturated heterocycles. The average Bonchev–Trinajstić information content (AvgIpc) is 3.25. The van der Waals surface area contributed by atoms with Crippen LogP contribution in [-0.4, -0.2) is 29.5 Å². The first kappa shape index (κ1) is 22.0. The maximum absolute atomic E-state index is 10.1. The average molecular weight is 479 g/mol. The van der Waals surface area contributed by atoms with Crippen LogP contribution in [0.3, 0.4) is 0 Å². The highest BCUT2D eigenvalue weighted by Crippen LogP contribution is 2.35. The monoisotopic (exact) mass is 478 g/mol. The molecule has 0 aliphatic rings. The van der Waals surface area contributed by atoms with Gasteiger partial charge in [-0.3, -0.25) is 0 Å². The molecule has 0 unspecified atom stereocenters. The zero-order chi connectivity index (χ0) is 25.5. The van der Waals surface area contributed by atoms with Gasteiger partial charge in [-0.25, -0.2) is 24.9 Å². The van der Waals surface area contributed by atoms with E-state index >= 15 is 0 Å². The van der Waals surface area contributed by atoms with Gasteiger partial charge >= 0.3 is 0 Å². The minimum Gasteiger partial charge on any atom is -0.308 e. The Morgan fingerprint density at radius 2 is 1.35 bits per heavy atom. The van der Waals surface area contributed by atoms with Gasteiger partial charge < -0.3 is 4.57 Å². The molecular weight excluding hydrogens is 460 g/mol. The van der Waals surface area contributed by atoms with Crippen LogP contribution in [0.4, 0.5) is 0 Å². The van der Waals surface area contributed by atoms with Gasteiger partial charge in [-0.2, -0.15) is 10.5 Å². The molecule has 37 heavy (non-hydrogen) atoms. The SMILES string of the molecule is Cc1nc(C)nc(-c2ccc3c4ccccc4n(-c4ccc(-c5ncc(C#N)cn5)cc4C#N)c3c2)n1. The number of hydrogen-bond donors (Lipinski definition) is 0. The largest absolute Gasteiger partial charge is 0.308 e. The maximum atomic E-state index is 10.1. The highest BCUT2D eigenvalue weighted by molar-refractivity contribution is 6.10. The molecule has 174 valence electrons. The number of benzene rings is 3. The number of aromatic nitrogens is 6. The normalized spacial score (nSPS) is 10.9. The van der Waals surface area contributed by atoms with Crippen LogP contribution < -0.4 is 0 Å². The van der Waals surface area contributed by atoms with E-state index in [1.807, 2.05) is 56.3 Å². The summed E-state index contributed by atoms with van der Waals surface area (Å²) in [5, 5.41) is 21.3. The fourth-order valence-electron chi connectivity index (χ4n) is 4.61. The van der Waals surface area contributed by atoms with Crippen LogP contribution in [-0.2, 0) is 0 Å². The summed E-state index contributed by atoms with van der Waals surface area (Å²) < 4.78 is 2.09. The number of hydrogen-bond acceptors (Lipinski definition) is 7. The molecule has 0 spiro atoms. The van der Waals surface area contributed by atoms with Gasteiger partial charge in [-0.1, -0.05) is 30.3 Å². The molecule has 3 aromatic heterocycles. The Morgan fingerprint density at radius 1 is 0.676 bits per heavy atom. The zero-order valence-electron chi connectivity index (χ0n) is 20.0. The topological polar surface area (TPSA) is 117 Å². The van der Waals surface area contributed by atoms with Crippen molar-refractivity contribution >= 4 is 21.8 Å². The Kier molecular flexibility index (Phi) is 5.14. The van der Waals surface area contributed by atoms with Gasteiger partial charge in [0.25, 0.3) is 0 Å². The second-order valence-electron chi connectivity index (χ2n) is 8.59. The smallest absolute Gasteiger partial charge is 0.163 e. The first-order chi connectivity index (χ1) is 18.1. The lowest BCUT2D eigenvalue weighted by atomic mass is 10.1. The highest BCUT2D eigenvalue weighted by atomic mass is 15.0. The van der Waals surface area contributed by atoms with Crippen LogP contribution in [0.15, 0.2) is 73.1 Å². The molecule has 0 amide bonds. The van der Waals surface area contributed by atoms with E-state index in [0.717, 1.165) is 33.1 Å². The lowest BCUT2D eigenvalue weighted by molar-refractivity contribution is 0.928. The second-order valence-corrected chi connectivity index (χ2v) is 8.59. The minimum absolute atomic E-state index is 0.380. The van der Waals surface area contributed by atoms with Crippen molar-refractivity contribution in [2.45, 2.75) is 13.8 Å². The van der Waals surface area contributed by atoms with Crippen molar-refractivity contribution in [3.05, 3.63) is 95.8 Å². The molecule has 3 heterocycles. The van der Waals surface area contributed by atoms with E-state index in [1.54, 1.807) is 6.07 Å². The Bertz CT molecular complexity index is 1900. The third-order valence-electron chi connectivity index (χ3n) is 6.19. The number of nitriles is 2. The third-order valence-corrected chi connectivity index (χ3v) is 6.19. The van der Waals surface area contributed by atoms with Crippen LogP contribution in [0.1, 0.15) is 22.8 Å². The molecule has 6 aromatic rings. The summed E-state index contributed by atoms with van der Waals surface area (Å²) in [4.78, 5) is 21.9. The molecule has 0 fully saturated rings. The van der Waals surface area contributed by atoms with E-state index in [4.69, 9.17) is 5.26 Å². The fraction of sp³-hybridized carbons (Fsp3) is 0.0690. The molecule has 0 radical (unpaired) electrons. The van der Waals surface area contributed by atoms with Gasteiger partial charge in [0, 0.05) is 34.3 Å². The summed E-state index contributed by atoms with van der Waals surface area (Å²) in [5.41, 5.74) is 5.08. The Balaban J connectivity index is 1.59. The maximum Gasteiger partial charge on any atom is 0.163 e. The van der Waals surface area contributed by atoms with Crippen molar-refractivity contribution in [3.8, 4) is 40.6 Å². The number of rotatable bonds is 3. The summed E-state index contributed by atoms with van der Waals surface area (Å²) in [5.74, 6) is 2.38.